The molecule has 1 heterocycles. The summed E-state index contributed by atoms with van der Waals surface area (Å²) in [6.45, 7) is 4.40. The Hall–Kier alpha value is -0.890. The minimum atomic E-state index is -0.507. The largest absolute Gasteiger partial charge is 0.389 e. The Balaban J connectivity index is 1.99. The highest BCUT2D eigenvalue weighted by atomic mass is 16.3. The molecule has 2 heteroatoms. The van der Waals surface area contributed by atoms with Gasteiger partial charge in [-0.15, -0.1) is 0 Å². The quantitative estimate of drug-likeness (QED) is 0.870. The first-order chi connectivity index (χ1) is 8.11. The highest BCUT2D eigenvalue weighted by Crippen LogP contribution is 2.33. The molecule has 2 rings (SSSR count). The maximum Gasteiger partial charge on any atom is 0.0703 e. The van der Waals surface area contributed by atoms with E-state index in [1.807, 2.05) is 6.20 Å². The third-order valence-electron chi connectivity index (χ3n) is 4.01. The number of hydrogen-bond acceptors (Lipinski definition) is 2. The number of aliphatic hydroxyl groups is 1. The fourth-order valence-corrected chi connectivity index (χ4v) is 2.58. The molecular weight excluding hydrogens is 210 g/mol. The maximum atomic E-state index is 10.5. The van der Waals surface area contributed by atoms with Gasteiger partial charge in [-0.25, -0.2) is 0 Å². The molecule has 0 atom stereocenters. The molecular formula is C15H23NO. The maximum absolute atomic E-state index is 10.5. The zero-order chi connectivity index (χ0) is 12.3. The monoisotopic (exact) mass is 233 g/mol. The van der Waals surface area contributed by atoms with Gasteiger partial charge in [0.2, 0.25) is 0 Å². The molecule has 1 aliphatic carbocycles. The van der Waals surface area contributed by atoms with Gasteiger partial charge in [0.15, 0.2) is 0 Å². The topological polar surface area (TPSA) is 33.1 Å². The standard InChI is InChI=1S/C15H23NO/c1-3-13-4-5-14(16-11-13)10-15(17)8-6-12(2)7-9-15/h4-5,11-12,17H,3,6-10H2,1-2H3. The second-order valence-corrected chi connectivity index (χ2v) is 5.59. The molecule has 1 N–H and O–H groups in total. The summed E-state index contributed by atoms with van der Waals surface area (Å²) in [5.74, 6) is 0.769. The van der Waals surface area contributed by atoms with Crippen LogP contribution < -0.4 is 0 Å². The van der Waals surface area contributed by atoms with Gasteiger partial charge < -0.3 is 5.11 Å². The molecule has 0 aliphatic heterocycles. The molecule has 0 saturated heterocycles. The van der Waals surface area contributed by atoms with Crippen LogP contribution >= 0.6 is 0 Å². The predicted octanol–water partition coefficient (Wildman–Crippen LogP) is 3.13. The lowest BCUT2D eigenvalue weighted by Crippen LogP contribution is -2.36. The molecule has 1 aliphatic rings. The van der Waals surface area contributed by atoms with E-state index in [2.05, 4.69) is 31.0 Å². The Kier molecular flexibility index (Phi) is 3.82. The van der Waals surface area contributed by atoms with Gasteiger partial charge in [-0.1, -0.05) is 19.9 Å². The molecule has 0 radical (unpaired) electrons. The van der Waals surface area contributed by atoms with Gasteiger partial charge in [0, 0.05) is 18.3 Å². The van der Waals surface area contributed by atoms with Crippen molar-refractivity contribution >= 4 is 0 Å². The summed E-state index contributed by atoms with van der Waals surface area (Å²) in [5.41, 5.74) is 1.78. The lowest BCUT2D eigenvalue weighted by molar-refractivity contribution is -0.00744. The van der Waals surface area contributed by atoms with Crippen LogP contribution in [-0.2, 0) is 12.8 Å². The van der Waals surface area contributed by atoms with Crippen molar-refractivity contribution < 1.29 is 5.11 Å². The molecule has 0 aromatic carbocycles. The Morgan fingerprint density at radius 1 is 1.35 bits per heavy atom. The zero-order valence-electron chi connectivity index (χ0n) is 10.9. The highest BCUT2D eigenvalue weighted by Gasteiger charge is 2.32. The van der Waals surface area contributed by atoms with E-state index >= 15 is 0 Å². The van der Waals surface area contributed by atoms with Crippen molar-refractivity contribution in [2.75, 3.05) is 0 Å². The molecule has 0 bridgehead atoms. The zero-order valence-corrected chi connectivity index (χ0v) is 10.9. The third kappa shape index (κ3) is 3.29. The van der Waals surface area contributed by atoms with Crippen molar-refractivity contribution in [3.8, 4) is 0 Å². The summed E-state index contributed by atoms with van der Waals surface area (Å²) in [7, 11) is 0. The number of rotatable bonds is 3. The Labute approximate surface area is 104 Å². The van der Waals surface area contributed by atoms with Crippen molar-refractivity contribution in [3.63, 3.8) is 0 Å². The van der Waals surface area contributed by atoms with Gasteiger partial charge in [-0.3, -0.25) is 4.98 Å². The van der Waals surface area contributed by atoms with Crippen LogP contribution in [0, 0.1) is 5.92 Å². The highest BCUT2D eigenvalue weighted by molar-refractivity contribution is 5.15. The number of nitrogens with zero attached hydrogens (tertiary/aromatic N) is 1. The summed E-state index contributed by atoms with van der Waals surface area (Å²) in [6.07, 6.45) is 7.80. The van der Waals surface area contributed by atoms with E-state index in [1.165, 1.54) is 5.56 Å². The van der Waals surface area contributed by atoms with Crippen molar-refractivity contribution in [2.45, 2.75) is 58.0 Å². The predicted molar refractivity (Wildman–Crippen MR) is 69.9 cm³/mol. The van der Waals surface area contributed by atoms with Gasteiger partial charge in [0.25, 0.3) is 0 Å². The molecule has 94 valence electrons. The lowest BCUT2D eigenvalue weighted by atomic mass is 9.77. The molecule has 0 spiro atoms. The summed E-state index contributed by atoms with van der Waals surface area (Å²) >= 11 is 0. The molecule has 17 heavy (non-hydrogen) atoms. The van der Waals surface area contributed by atoms with E-state index in [0.717, 1.165) is 43.7 Å². The van der Waals surface area contributed by atoms with Crippen molar-refractivity contribution in [1.82, 2.24) is 4.98 Å². The first-order valence-corrected chi connectivity index (χ1v) is 6.77. The first-order valence-electron chi connectivity index (χ1n) is 6.77. The van der Waals surface area contributed by atoms with Gasteiger partial charge in [0.1, 0.15) is 0 Å². The molecule has 2 nitrogen and oxygen atoms in total. The molecule has 1 aromatic heterocycles. The second kappa shape index (κ2) is 5.18. The van der Waals surface area contributed by atoms with Crippen LogP contribution in [0.3, 0.4) is 0 Å². The van der Waals surface area contributed by atoms with E-state index in [1.54, 1.807) is 0 Å². The van der Waals surface area contributed by atoms with Gasteiger partial charge in [-0.2, -0.15) is 0 Å². The fraction of sp³-hybridized carbons (Fsp3) is 0.667. The minimum absolute atomic E-state index is 0.507. The molecule has 1 saturated carbocycles. The summed E-state index contributed by atoms with van der Waals surface area (Å²) < 4.78 is 0. The number of hydrogen-bond donors (Lipinski definition) is 1. The summed E-state index contributed by atoms with van der Waals surface area (Å²) in [4.78, 5) is 4.45. The lowest BCUT2D eigenvalue weighted by Gasteiger charge is -2.34. The normalized spacial score (nSPS) is 29.2. The Morgan fingerprint density at radius 3 is 2.59 bits per heavy atom. The molecule has 0 unspecified atom stereocenters. The third-order valence-corrected chi connectivity index (χ3v) is 4.01. The second-order valence-electron chi connectivity index (χ2n) is 5.59. The van der Waals surface area contributed by atoms with E-state index in [4.69, 9.17) is 0 Å². The fourth-order valence-electron chi connectivity index (χ4n) is 2.58. The average molecular weight is 233 g/mol. The van der Waals surface area contributed by atoms with Gasteiger partial charge in [0.05, 0.1) is 5.60 Å². The van der Waals surface area contributed by atoms with Crippen LogP contribution in [0.4, 0.5) is 0 Å². The van der Waals surface area contributed by atoms with E-state index in [9.17, 15) is 5.11 Å². The Morgan fingerprint density at radius 2 is 2.06 bits per heavy atom. The van der Waals surface area contributed by atoms with Crippen LogP contribution in [0.15, 0.2) is 18.3 Å². The number of aryl methyl sites for hydroxylation is 1. The summed E-state index contributed by atoms with van der Waals surface area (Å²) in [6, 6.07) is 4.19. The van der Waals surface area contributed by atoms with E-state index in [0.29, 0.717) is 6.42 Å². The van der Waals surface area contributed by atoms with Crippen molar-refractivity contribution in [2.24, 2.45) is 5.92 Å². The Bertz CT molecular complexity index is 350. The first kappa shape index (κ1) is 12.6. The average Bonchev–Trinajstić information content (AvgIpc) is 2.34. The van der Waals surface area contributed by atoms with Crippen LogP contribution in [-0.4, -0.2) is 15.7 Å². The van der Waals surface area contributed by atoms with Crippen molar-refractivity contribution in [1.29, 1.82) is 0 Å². The van der Waals surface area contributed by atoms with E-state index < -0.39 is 5.60 Å². The van der Waals surface area contributed by atoms with Crippen molar-refractivity contribution in [3.05, 3.63) is 29.6 Å². The smallest absolute Gasteiger partial charge is 0.0703 e. The SMILES string of the molecule is CCc1ccc(CC2(O)CCC(C)CC2)nc1. The van der Waals surface area contributed by atoms with Crippen LogP contribution in [0.25, 0.3) is 0 Å². The van der Waals surface area contributed by atoms with E-state index in [-0.39, 0.29) is 0 Å². The molecule has 1 fully saturated rings. The van der Waals surface area contributed by atoms with Crippen LogP contribution in [0.5, 0.6) is 0 Å². The van der Waals surface area contributed by atoms with Gasteiger partial charge >= 0.3 is 0 Å². The number of pyridine rings is 1. The minimum Gasteiger partial charge on any atom is -0.389 e. The molecule has 1 aromatic rings. The van der Waals surface area contributed by atoms with Gasteiger partial charge in [-0.05, 0) is 49.7 Å². The number of aromatic nitrogens is 1. The molecule has 0 amide bonds. The van der Waals surface area contributed by atoms with Crippen LogP contribution in [0.2, 0.25) is 0 Å². The summed E-state index contributed by atoms with van der Waals surface area (Å²) in [5, 5.41) is 10.5. The van der Waals surface area contributed by atoms with Crippen LogP contribution in [0.1, 0.15) is 50.8 Å².